The highest BCUT2D eigenvalue weighted by atomic mass is 16.5. The molecule has 1 fully saturated rings. The number of rotatable bonds is 8. The molecule has 0 spiro atoms. The van der Waals surface area contributed by atoms with Crippen molar-refractivity contribution >= 4 is 0 Å². The molecule has 1 saturated heterocycles. The second kappa shape index (κ2) is 8.89. The van der Waals surface area contributed by atoms with Crippen molar-refractivity contribution in [2.24, 2.45) is 5.92 Å². The summed E-state index contributed by atoms with van der Waals surface area (Å²) in [6.45, 7) is 13.6. The van der Waals surface area contributed by atoms with Gasteiger partial charge >= 0.3 is 0 Å². The summed E-state index contributed by atoms with van der Waals surface area (Å²) in [5.74, 6) is 0.807. The Morgan fingerprint density at radius 1 is 1.33 bits per heavy atom. The third-order valence-electron chi connectivity index (χ3n) is 3.68. The van der Waals surface area contributed by atoms with Gasteiger partial charge in [0.1, 0.15) is 0 Å². The fourth-order valence-corrected chi connectivity index (χ4v) is 2.46. The summed E-state index contributed by atoms with van der Waals surface area (Å²) >= 11 is 0. The van der Waals surface area contributed by atoms with Crippen molar-refractivity contribution in [3.8, 4) is 0 Å². The van der Waals surface area contributed by atoms with E-state index in [9.17, 15) is 0 Å². The largest absolute Gasteiger partial charge is 0.376 e. The normalized spacial score (nSPS) is 22.0. The van der Waals surface area contributed by atoms with Crippen LogP contribution in [0.2, 0.25) is 0 Å². The maximum Gasteiger partial charge on any atom is 0.0714 e. The molecule has 1 aliphatic heterocycles. The Morgan fingerprint density at radius 3 is 2.78 bits per heavy atom. The lowest BCUT2D eigenvalue weighted by Crippen LogP contribution is -2.44. The molecular formula is C15H32N2O. The van der Waals surface area contributed by atoms with Gasteiger partial charge in [-0.15, -0.1) is 0 Å². The zero-order valence-electron chi connectivity index (χ0n) is 12.8. The summed E-state index contributed by atoms with van der Waals surface area (Å²) in [6.07, 6.45) is 4.17. The van der Waals surface area contributed by atoms with E-state index in [1.54, 1.807) is 0 Å². The van der Waals surface area contributed by atoms with Gasteiger partial charge in [0.25, 0.3) is 0 Å². The molecule has 18 heavy (non-hydrogen) atoms. The molecule has 108 valence electrons. The van der Waals surface area contributed by atoms with Gasteiger partial charge in [0, 0.05) is 19.6 Å². The Labute approximate surface area is 113 Å². The van der Waals surface area contributed by atoms with Gasteiger partial charge in [0.05, 0.1) is 12.7 Å². The van der Waals surface area contributed by atoms with Gasteiger partial charge in [-0.2, -0.15) is 0 Å². The maximum atomic E-state index is 5.88. The van der Waals surface area contributed by atoms with Crippen LogP contribution in [0.5, 0.6) is 0 Å². The molecule has 1 rings (SSSR count). The minimum atomic E-state index is 0.449. The van der Waals surface area contributed by atoms with Gasteiger partial charge in [-0.3, -0.25) is 4.90 Å². The molecule has 0 aliphatic carbocycles. The molecule has 0 aromatic carbocycles. The van der Waals surface area contributed by atoms with E-state index in [0.717, 1.165) is 32.2 Å². The van der Waals surface area contributed by atoms with Crippen molar-refractivity contribution in [3.63, 3.8) is 0 Å². The molecule has 0 aromatic rings. The lowest BCUT2D eigenvalue weighted by Gasteiger charge is -2.34. The Kier molecular flexibility index (Phi) is 7.87. The fraction of sp³-hybridized carbons (Fsp3) is 1.00. The van der Waals surface area contributed by atoms with Crippen LogP contribution in [-0.2, 0) is 4.74 Å². The van der Waals surface area contributed by atoms with E-state index in [2.05, 4.69) is 37.6 Å². The number of ether oxygens (including phenoxy) is 1. The van der Waals surface area contributed by atoms with E-state index < -0.39 is 0 Å². The average molecular weight is 256 g/mol. The lowest BCUT2D eigenvalue weighted by atomic mass is 10.1. The molecule has 0 bridgehead atoms. The molecule has 1 heterocycles. The number of hydrogen-bond donors (Lipinski definition) is 0. The lowest BCUT2D eigenvalue weighted by molar-refractivity contribution is -0.0358. The SMILES string of the molecule is CCCN(C)CCC1CN(CCC(C)C)CCO1. The first-order valence-electron chi connectivity index (χ1n) is 7.64. The summed E-state index contributed by atoms with van der Waals surface area (Å²) in [7, 11) is 2.21. The minimum Gasteiger partial charge on any atom is -0.376 e. The Morgan fingerprint density at radius 2 is 2.11 bits per heavy atom. The Hall–Kier alpha value is -0.120. The van der Waals surface area contributed by atoms with Crippen molar-refractivity contribution in [3.05, 3.63) is 0 Å². The predicted octanol–water partition coefficient (Wildman–Crippen LogP) is 2.47. The molecular weight excluding hydrogens is 224 g/mol. The van der Waals surface area contributed by atoms with Gasteiger partial charge < -0.3 is 9.64 Å². The highest BCUT2D eigenvalue weighted by Crippen LogP contribution is 2.11. The van der Waals surface area contributed by atoms with Gasteiger partial charge in [0.2, 0.25) is 0 Å². The quantitative estimate of drug-likeness (QED) is 0.663. The zero-order valence-corrected chi connectivity index (χ0v) is 12.8. The summed E-state index contributed by atoms with van der Waals surface area (Å²) in [5, 5.41) is 0. The molecule has 0 amide bonds. The Bertz CT molecular complexity index is 209. The van der Waals surface area contributed by atoms with E-state index in [-0.39, 0.29) is 0 Å². The van der Waals surface area contributed by atoms with Crippen molar-refractivity contribution in [1.82, 2.24) is 9.80 Å². The average Bonchev–Trinajstić information content (AvgIpc) is 2.35. The van der Waals surface area contributed by atoms with Crippen LogP contribution in [0.3, 0.4) is 0 Å². The first-order valence-corrected chi connectivity index (χ1v) is 7.64. The van der Waals surface area contributed by atoms with Crippen molar-refractivity contribution < 1.29 is 4.74 Å². The standard InChI is InChI=1S/C15H32N2O/c1-5-8-16(4)9-7-15-13-17(11-12-18-15)10-6-14(2)3/h14-15H,5-13H2,1-4H3. The molecule has 1 atom stereocenters. The maximum absolute atomic E-state index is 5.88. The van der Waals surface area contributed by atoms with Crippen molar-refractivity contribution in [1.29, 1.82) is 0 Å². The van der Waals surface area contributed by atoms with Gasteiger partial charge in [0.15, 0.2) is 0 Å². The molecule has 0 aromatic heterocycles. The van der Waals surface area contributed by atoms with Crippen molar-refractivity contribution in [2.45, 2.75) is 46.1 Å². The summed E-state index contributed by atoms with van der Waals surface area (Å²) in [6, 6.07) is 0. The summed E-state index contributed by atoms with van der Waals surface area (Å²) in [4.78, 5) is 4.99. The minimum absolute atomic E-state index is 0.449. The van der Waals surface area contributed by atoms with Crippen LogP contribution in [-0.4, -0.2) is 62.3 Å². The number of nitrogens with zero attached hydrogens (tertiary/aromatic N) is 2. The van der Waals surface area contributed by atoms with Gasteiger partial charge in [-0.05, 0) is 45.3 Å². The topological polar surface area (TPSA) is 15.7 Å². The molecule has 3 nitrogen and oxygen atoms in total. The van der Waals surface area contributed by atoms with Crippen LogP contribution < -0.4 is 0 Å². The summed E-state index contributed by atoms with van der Waals surface area (Å²) in [5.41, 5.74) is 0. The number of hydrogen-bond acceptors (Lipinski definition) is 3. The first-order chi connectivity index (χ1) is 8.61. The first kappa shape index (κ1) is 15.9. The second-order valence-electron chi connectivity index (χ2n) is 6.07. The van der Waals surface area contributed by atoms with E-state index in [1.165, 1.54) is 32.4 Å². The summed E-state index contributed by atoms with van der Waals surface area (Å²) < 4.78 is 5.88. The van der Waals surface area contributed by atoms with Gasteiger partial charge in [-0.1, -0.05) is 20.8 Å². The third-order valence-corrected chi connectivity index (χ3v) is 3.68. The zero-order chi connectivity index (χ0) is 13.4. The number of morpholine rings is 1. The Balaban J connectivity index is 2.18. The predicted molar refractivity (Wildman–Crippen MR) is 78.0 cm³/mol. The van der Waals surface area contributed by atoms with Crippen LogP contribution in [0.25, 0.3) is 0 Å². The van der Waals surface area contributed by atoms with Crippen LogP contribution >= 0.6 is 0 Å². The highest BCUT2D eigenvalue weighted by molar-refractivity contribution is 4.73. The highest BCUT2D eigenvalue weighted by Gasteiger charge is 2.20. The molecule has 1 aliphatic rings. The molecule has 3 heteroatoms. The van der Waals surface area contributed by atoms with Crippen LogP contribution in [0.15, 0.2) is 0 Å². The van der Waals surface area contributed by atoms with Crippen molar-refractivity contribution in [2.75, 3.05) is 46.4 Å². The van der Waals surface area contributed by atoms with Crippen LogP contribution in [0, 0.1) is 5.92 Å². The van der Waals surface area contributed by atoms with E-state index in [0.29, 0.717) is 6.10 Å². The molecule has 0 radical (unpaired) electrons. The van der Waals surface area contributed by atoms with E-state index in [1.807, 2.05) is 0 Å². The second-order valence-corrected chi connectivity index (χ2v) is 6.07. The molecule has 0 saturated carbocycles. The smallest absolute Gasteiger partial charge is 0.0714 e. The van der Waals surface area contributed by atoms with Crippen LogP contribution in [0.1, 0.15) is 40.0 Å². The van der Waals surface area contributed by atoms with E-state index >= 15 is 0 Å². The third kappa shape index (κ3) is 6.72. The van der Waals surface area contributed by atoms with Gasteiger partial charge in [-0.25, -0.2) is 0 Å². The molecule has 0 N–H and O–H groups in total. The fourth-order valence-electron chi connectivity index (χ4n) is 2.46. The van der Waals surface area contributed by atoms with E-state index in [4.69, 9.17) is 4.74 Å². The monoisotopic (exact) mass is 256 g/mol. The van der Waals surface area contributed by atoms with Crippen LogP contribution in [0.4, 0.5) is 0 Å². The molecule has 1 unspecified atom stereocenters.